The summed E-state index contributed by atoms with van der Waals surface area (Å²) in [6.07, 6.45) is 3.28. The Hall–Kier alpha value is -3.41. The van der Waals surface area contributed by atoms with Gasteiger partial charge in [-0.2, -0.15) is 0 Å². The summed E-state index contributed by atoms with van der Waals surface area (Å²) in [7, 11) is 1.73. The fourth-order valence-electron chi connectivity index (χ4n) is 3.11. The number of fused-ring (bicyclic) bond motifs is 1. The average molecular weight is 362 g/mol. The minimum absolute atomic E-state index is 0.203. The number of halogens is 2. The molecule has 1 N–H and O–H groups in total. The number of rotatable bonds is 3. The predicted octanol–water partition coefficient (Wildman–Crippen LogP) is 4.99. The Kier molecular flexibility index (Phi) is 4.24. The van der Waals surface area contributed by atoms with Gasteiger partial charge in [-0.05, 0) is 48.4 Å². The Morgan fingerprint density at radius 3 is 2.48 bits per heavy atom. The van der Waals surface area contributed by atoms with E-state index in [1.165, 1.54) is 12.1 Å². The van der Waals surface area contributed by atoms with E-state index in [1.54, 1.807) is 50.6 Å². The van der Waals surface area contributed by atoms with Crippen LogP contribution >= 0.6 is 0 Å². The zero-order valence-corrected chi connectivity index (χ0v) is 14.8. The lowest BCUT2D eigenvalue weighted by Crippen LogP contribution is -2.01. The summed E-state index contributed by atoms with van der Waals surface area (Å²) < 4.78 is 28.8. The number of benzene rings is 2. The first-order chi connectivity index (χ1) is 13.1. The lowest BCUT2D eigenvalue weighted by molar-refractivity contribution is 0.626. The highest BCUT2D eigenvalue weighted by molar-refractivity contribution is 5.94. The zero-order chi connectivity index (χ0) is 19.0. The minimum atomic E-state index is -0.466. The van der Waals surface area contributed by atoms with E-state index in [1.807, 2.05) is 6.07 Å². The van der Waals surface area contributed by atoms with Crippen LogP contribution in [0.1, 0.15) is 5.56 Å². The van der Waals surface area contributed by atoms with Crippen LogP contribution in [-0.4, -0.2) is 22.0 Å². The number of aryl methyl sites for hydroxylation is 1. The zero-order valence-electron chi connectivity index (χ0n) is 14.8. The molecule has 2 aromatic heterocycles. The molecule has 0 aliphatic carbocycles. The summed E-state index contributed by atoms with van der Waals surface area (Å²) in [6.45, 7) is 1.75. The second-order valence-electron chi connectivity index (χ2n) is 6.17. The highest BCUT2D eigenvalue weighted by Gasteiger charge is 2.17. The van der Waals surface area contributed by atoms with Gasteiger partial charge in [0.25, 0.3) is 0 Å². The molecule has 0 saturated carbocycles. The molecule has 6 heteroatoms. The van der Waals surface area contributed by atoms with Crippen LogP contribution in [0.15, 0.2) is 54.9 Å². The number of pyridine rings is 1. The lowest BCUT2D eigenvalue weighted by Gasteiger charge is -2.12. The van der Waals surface area contributed by atoms with E-state index in [2.05, 4.69) is 20.3 Å². The summed E-state index contributed by atoms with van der Waals surface area (Å²) in [5.41, 5.74) is 2.55. The lowest BCUT2D eigenvalue weighted by atomic mass is 9.98. The molecule has 0 aliphatic rings. The molecule has 0 amide bonds. The van der Waals surface area contributed by atoms with Gasteiger partial charge in [-0.15, -0.1) is 0 Å². The first kappa shape index (κ1) is 17.0. The molecule has 0 spiro atoms. The van der Waals surface area contributed by atoms with Gasteiger partial charge in [0, 0.05) is 36.0 Å². The molecular weight excluding hydrogens is 346 g/mol. The SMILES string of the molecule is CNc1nc(-c2cccnc2)nc2c(F)c(-c3ccc(F)cc3C)ccc12. The second-order valence-corrected chi connectivity index (χ2v) is 6.17. The van der Waals surface area contributed by atoms with Gasteiger partial charge in [0.15, 0.2) is 11.6 Å². The molecule has 2 aromatic carbocycles. The normalized spacial score (nSPS) is 11.0. The van der Waals surface area contributed by atoms with Gasteiger partial charge in [0.2, 0.25) is 0 Å². The summed E-state index contributed by atoms with van der Waals surface area (Å²) in [5, 5.41) is 3.57. The van der Waals surface area contributed by atoms with Crippen LogP contribution in [0.3, 0.4) is 0 Å². The van der Waals surface area contributed by atoms with Crippen LogP contribution in [0.25, 0.3) is 33.4 Å². The largest absolute Gasteiger partial charge is 0.373 e. The smallest absolute Gasteiger partial charge is 0.163 e. The molecule has 0 bridgehead atoms. The van der Waals surface area contributed by atoms with E-state index in [0.29, 0.717) is 39.3 Å². The molecule has 0 fully saturated rings. The van der Waals surface area contributed by atoms with Crippen molar-refractivity contribution >= 4 is 16.7 Å². The van der Waals surface area contributed by atoms with Gasteiger partial charge in [-0.3, -0.25) is 4.98 Å². The van der Waals surface area contributed by atoms with E-state index < -0.39 is 5.82 Å². The van der Waals surface area contributed by atoms with Crippen LogP contribution in [0.2, 0.25) is 0 Å². The topological polar surface area (TPSA) is 50.7 Å². The number of aromatic nitrogens is 3. The third-order valence-corrected chi connectivity index (χ3v) is 4.44. The third-order valence-electron chi connectivity index (χ3n) is 4.44. The second kappa shape index (κ2) is 6.72. The van der Waals surface area contributed by atoms with Gasteiger partial charge in [-0.25, -0.2) is 18.7 Å². The number of hydrogen-bond donors (Lipinski definition) is 1. The van der Waals surface area contributed by atoms with E-state index in [9.17, 15) is 4.39 Å². The Morgan fingerprint density at radius 2 is 1.78 bits per heavy atom. The number of anilines is 1. The van der Waals surface area contributed by atoms with Crippen molar-refractivity contribution in [2.75, 3.05) is 12.4 Å². The van der Waals surface area contributed by atoms with Gasteiger partial charge in [0.1, 0.15) is 17.2 Å². The maximum atomic E-state index is 15.4. The summed E-state index contributed by atoms with van der Waals surface area (Å²) >= 11 is 0. The minimum Gasteiger partial charge on any atom is -0.373 e. The van der Waals surface area contributed by atoms with Crippen LogP contribution in [0.4, 0.5) is 14.6 Å². The van der Waals surface area contributed by atoms with Gasteiger partial charge in [-0.1, -0.05) is 12.1 Å². The number of hydrogen-bond acceptors (Lipinski definition) is 4. The van der Waals surface area contributed by atoms with Gasteiger partial charge < -0.3 is 5.32 Å². The molecule has 2 heterocycles. The molecule has 0 unspecified atom stereocenters. The van der Waals surface area contributed by atoms with E-state index >= 15 is 4.39 Å². The molecule has 0 saturated heterocycles. The molecule has 0 aliphatic heterocycles. The first-order valence-electron chi connectivity index (χ1n) is 8.43. The van der Waals surface area contributed by atoms with Crippen LogP contribution in [-0.2, 0) is 0 Å². The molecule has 0 radical (unpaired) electrons. The van der Waals surface area contributed by atoms with Crippen molar-refractivity contribution in [1.29, 1.82) is 0 Å². The standard InChI is InChI=1S/C21H16F2N4/c1-12-10-14(22)5-6-15(12)16-7-8-17-19(18(16)23)26-20(27-21(17)24-2)13-4-3-9-25-11-13/h3-11H,1-2H3,(H,24,26,27). The van der Waals surface area contributed by atoms with Crippen LogP contribution < -0.4 is 5.32 Å². The van der Waals surface area contributed by atoms with E-state index in [0.717, 1.165) is 0 Å². The van der Waals surface area contributed by atoms with Crippen molar-refractivity contribution in [3.63, 3.8) is 0 Å². The Bertz CT molecular complexity index is 1140. The quantitative estimate of drug-likeness (QED) is 0.558. The van der Waals surface area contributed by atoms with Crippen molar-refractivity contribution in [2.45, 2.75) is 6.92 Å². The first-order valence-corrected chi connectivity index (χ1v) is 8.43. The Morgan fingerprint density at radius 1 is 0.963 bits per heavy atom. The van der Waals surface area contributed by atoms with Crippen molar-refractivity contribution in [3.8, 4) is 22.5 Å². The maximum absolute atomic E-state index is 15.4. The third kappa shape index (κ3) is 2.99. The molecular formula is C21H16F2N4. The number of nitrogens with one attached hydrogen (secondary N) is 1. The molecule has 134 valence electrons. The molecule has 0 atom stereocenters. The average Bonchev–Trinajstić information content (AvgIpc) is 2.69. The maximum Gasteiger partial charge on any atom is 0.163 e. The fourth-order valence-corrected chi connectivity index (χ4v) is 3.11. The van der Waals surface area contributed by atoms with Crippen molar-refractivity contribution in [3.05, 3.63) is 72.1 Å². The van der Waals surface area contributed by atoms with E-state index in [-0.39, 0.29) is 11.3 Å². The van der Waals surface area contributed by atoms with E-state index in [4.69, 9.17) is 0 Å². The Balaban J connectivity index is 1.98. The monoisotopic (exact) mass is 362 g/mol. The molecule has 4 nitrogen and oxygen atoms in total. The predicted molar refractivity (Wildman–Crippen MR) is 102 cm³/mol. The molecule has 4 rings (SSSR count). The summed E-state index contributed by atoms with van der Waals surface area (Å²) in [4.78, 5) is 13.0. The summed E-state index contributed by atoms with van der Waals surface area (Å²) in [5.74, 6) is 0.0920. The van der Waals surface area contributed by atoms with Crippen LogP contribution in [0, 0.1) is 18.6 Å². The van der Waals surface area contributed by atoms with Crippen molar-refractivity contribution < 1.29 is 8.78 Å². The van der Waals surface area contributed by atoms with Gasteiger partial charge in [0.05, 0.1) is 0 Å². The van der Waals surface area contributed by atoms with Crippen molar-refractivity contribution in [1.82, 2.24) is 15.0 Å². The fraction of sp³-hybridized carbons (Fsp3) is 0.0952. The number of nitrogens with zero attached hydrogens (tertiary/aromatic N) is 3. The van der Waals surface area contributed by atoms with Crippen molar-refractivity contribution in [2.24, 2.45) is 0 Å². The van der Waals surface area contributed by atoms with Gasteiger partial charge >= 0.3 is 0 Å². The van der Waals surface area contributed by atoms with Crippen LogP contribution in [0.5, 0.6) is 0 Å². The highest BCUT2D eigenvalue weighted by Crippen LogP contribution is 2.33. The highest BCUT2D eigenvalue weighted by atomic mass is 19.1. The Labute approximate surface area is 154 Å². The molecule has 27 heavy (non-hydrogen) atoms. The molecule has 4 aromatic rings. The summed E-state index contributed by atoms with van der Waals surface area (Å²) in [6, 6.07) is 11.3.